The first kappa shape index (κ1) is 22.8. The summed E-state index contributed by atoms with van der Waals surface area (Å²) in [6.45, 7) is 2.16. The minimum absolute atomic E-state index is 0.00728. The molecule has 33 heavy (non-hydrogen) atoms. The molecule has 8 nitrogen and oxygen atoms in total. The van der Waals surface area contributed by atoms with Crippen molar-refractivity contribution in [3.63, 3.8) is 0 Å². The molecule has 3 N–H and O–H groups in total. The highest BCUT2D eigenvalue weighted by Gasteiger charge is 2.65. The van der Waals surface area contributed by atoms with Crippen LogP contribution in [0.3, 0.4) is 0 Å². The van der Waals surface area contributed by atoms with E-state index >= 15 is 0 Å². The molecule has 1 amide bonds. The van der Waals surface area contributed by atoms with Gasteiger partial charge in [0.25, 0.3) is 5.91 Å². The average molecular weight is 471 g/mol. The summed E-state index contributed by atoms with van der Waals surface area (Å²) in [4.78, 5) is 26.2. The van der Waals surface area contributed by atoms with Gasteiger partial charge in [-0.2, -0.15) is 17.6 Å². The van der Waals surface area contributed by atoms with Crippen LogP contribution in [-0.4, -0.2) is 44.7 Å². The Morgan fingerprint density at radius 3 is 2.58 bits per heavy atom. The number of benzene rings is 1. The van der Waals surface area contributed by atoms with E-state index in [0.29, 0.717) is 0 Å². The van der Waals surface area contributed by atoms with Crippen LogP contribution in [0.4, 0.5) is 22.0 Å². The molecule has 1 saturated heterocycles. The van der Waals surface area contributed by atoms with E-state index in [1.54, 1.807) is 0 Å². The Hall–Kier alpha value is -3.35. The number of hydrogen-bond acceptors (Lipinski definition) is 6. The lowest BCUT2D eigenvalue weighted by atomic mass is 9.77. The van der Waals surface area contributed by atoms with Crippen molar-refractivity contribution in [3.05, 3.63) is 47.2 Å². The Bertz CT molecular complexity index is 1250. The Morgan fingerprint density at radius 1 is 1.27 bits per heavy atom. The standard InChI is InChI=1S/C20H18F5N5O3/c1-7-10(8-4-5-9(21)11(22)14(8)32-3)15(33-19(7,2)20(23,24)25)18-29-13-12(16(26)31)27-6-28-17(13)30-18/h4-7,10,15H,1-3H3,(H2,26,31)(H,27,28,29,30)/t7-,10-,15+,19+/m0/s1. The van der Waals surface area contributed by atoms with E-state index in [1.807, 2.05) is 0 Å². The second-order valence-electron chi connectivity index (χ2n) is 7.85. The molecule has 4 rings (SSSR count). The maximum atomic E-state index is 14.5. The zero-order chi connectivity index (χ0) is 24.3. The second kappa shape index (κ2) is 7.61. The first-order valence-corrected chi connectivity index (χ1v) is 9.67. The predicted octanol–water partition coefficient (Wildman–Crippen LogP) is 3.55. The quantitative estimate of drug-likeness (QED) is 0.563. The maximum absolute atomic E-state index is 14.5. The minimum atomic E-state index is -4.81. The number of nitrogens with one attached hydrogen (secondary N) is 1. The van der Waals surface area contributed by atoms with Gasteiger partial charge in [-0.3, -0.25) is 4.79 Å². The zero-order valence-corrected chi connectivity index (χ0v) is 17.5. The number of imidazole rings is 1. The molecular weight excluding hydrogens is 453 g/mol. The third kappa shape index (κ3) is 3.37. The summed E-state index contributed by atoms with van der Waals surface area (Å²) in [7, 11) is 1.08. The number of ether oxygens (including phenoxy) is 2. The molecule has 1 aromatic carbocycles. The van der Waals surface area contributed by atoms with Crippen molar-refractivity contribution in [1.29, 1.82) is 0 Å². The number of primary amides is 1. The molecule has 3 aromatic rings. The molecule has 2 aromatic heterocycles. The van der Waals surface area contributed by atoms with Crippen LogP contribution in [0, 0.1) is 17.6 Å². The third-order valence-corrected chi connectivity index (χ3v) is 6.12. The van der Waals surface area contributed by atoms with E-state index in [0.717, 1.165) is 32.5 Å². The van der Waals surface area contributed by atoms with Gasteiger partial charge >= 0.3 is 6.18 Å². The summed E-state index contributed by atoms with van der Waals surface area (Å²) in [5, 5.41) is 0. The molecule has 176 valence electrons. The van der Waals surface area contributed by atoms with E-state index in [4.69, 9.17) is 15.2 Å². The fourth-order valence-electron chi connectivity index (χ4n) is 4.22. The van der Waals surface area contributed by atoms with Gasteiger partial charge < -0.3 is 20.2 Å². The summed E-state index contributed by atoms with van der Waals surface area (Å²) in [5.41, 5.74) is 2.36. The Kier molecular flexibility index (Phi) is 5.26. The number of carbonyl (C=O) groups excluding carboxylic acids is 1. The first-order valence-electron chi connectivity index (χ1n) is 9.67. The number of alkyl halides is 3. The molecule has 1 aliphatic heterocycles. The number of nitrogens with two attached hydrogens (primary N) is 1. The van der Waals surface area contributed by atoms with E-state index in [1.165, 1.54) is 6.92 Å². The highest BCUT2D eigenvalue weighted by atomic mass is 19.4. The van der Waals surface area contributed by atoms with Gasteiger partial charge in [-0.25, -0.2) is 19.3 Å². The van der Waals surface area contributed by atoms with Crippen LogP contribution >= 0.6 is 0 Å². The lowest BCUT2D eigenvalue weighted by Gasteiger charge is -2.32. The van der Waals surface area contributed by atoms with Crippen LogP contribution in [0.15, 0.2) is 18.5 Å². The molecule has 0 spiro atoms. The molecule has 0 bridgehead atoms. The van der Waals surface area contributed by atoms with Gasteiger partial charge in [0.1, 0.15) is 23.8 Å². The monoisotopic (exact) mass is 471 g/mol. The topological polar surface area (TPSA) is 116 Å². The molecule has 0 saturated carbocycles. The van der Waals surface area contributed by atoms with Crippen LogP contribution < -0.4 is 10.5 Å². The Labute approximate surface area is 183 Å². The molecule has 0 aliphatic carbocycles. The van der Waals surface area contributed by atoms with Gasteiger partial charge in [0, 0.05) is 17.4 Å². The molecule has 1 aliphatic rings. The number of rotatable bonds is 4. The van der Waals surface area contributed by atoms with Gasteiger partial charge in [-0.15, -0.1) is 0 Å². The van der Waals surface area contributed by atoms with Crippen molar-refractivity contribution in [1.82, 2.24) is 19.9 Å². The van der Waals surface area contributed by atoms with Crippen molar-refractivity contribution >= 4 is 17.1 Å². The molecule has 0 unspecified atom stereocenters. The Balaban J connectivity index is 1.94. The molecule has 3 heterocycles. The van der Waals surface area contributed by atoms with E-state index in [-0.39, 0.29) is 28.2 Å². The van der Waals surface area contributed by atoms with Crippen LogP contribution in [-0.2, 0) is 4.74 Å². The van der Waals surface area contributed by atoms with Gasteiger partial charge in [0.05, 0.1) is 7.11 Å². The summed E-state index contributed by atoms with van der Waals surface area (Å²) >= 11 is 0. The fourth-order valence-corrected chi connectivity index (χ4v) is 4.22. The smallest absolute Gasteiger partial charge is 0.417 e. The normalized spacial score (nSPS) is 25.5. The predicted molar refractivity (Wildman–Crippen MR) is 103 cm³/mol. The molecule has 1 fully saturated rings. The fraction of sp³-hybridized carbons (Fsp3) is 0.400. The van der Waals surface area contributed by atoms with E-state index in [9.17, 15) is 26.7 Å². The third-order valence-electron chi connectivity index (χ3n) is 6.12. The number of nitrogens with zero attached hydrogens (tertiary/aromatic N) is 3. The average Bonchev–Trinajstić information content (AvgIpc) is 3.29. The number of fused-ring (bicyclic) bond motifs is 1. The lowest BCUT2D eigenvalue weighted by molar-refractivity contribution is -0.275. The van der Waals surface area contributed by atoms with Crippen LogP contribution in [0.2, 0.25) is 0 Å². The van der Waals surface area contributed by atoms with E-state index < -0.39 is 53.0 Å². The van der Waals surface area contributed by atoms with Crippen LogP contribution in [0.1, 0.15) is 47.7 Å². The van der Waals surface area contributed by atoms with Crippen molar-refractivity contribution in [2.24, 2.45) is 11.7 Å². The molecule has 4 atom stereocenters. The zero-order valence-electron chi connectivity index (χ0n) is 17.5. The number of aromatic nitrogens is 4. The number of methoxy groups -OCH3 is 1. The molecule has 13 heteroatoms. The van der Waals surface area contributed by atoms with E-state index in [2.05, 4.69) is 19.9 Å². The van der Waals surface area contributed by atoms with Gasteiger partial charge in [-0.05, 0) is 13.0 Å². The van der Waals surface area contributed by atoms with Gasteiger partial charge in [-0.1, -0.05) is 13.0 Å². The highest BCUT2D eigenvalue weighted by Crippen LogP contribution is 2.59. The summed E-state index contributed by atoms with van der Waals surface area (Å²) in [6.07, 6.45) is -5.20. The number of halogens is 5. The van der Waals surface area contributed by atoms with Crippen molar-refractivity contribution in [3.8, 4) is 5.75 Å². The number of aromatic amines is 1. The number of H-pyrrole nitrogens is 1. The van der Waals surface area contributed by atoms with Crippen molar-refractivity contribution < 1.29 is 36.2 Å². The SMILES string of the molecule is COc1c([C@H]2[C@H](c3nc4ncnc(C(N)=O)c4[nH]3)O[C@@](C)(C(F)(F)F)[C@H]2C)ccc(F)c1F. The maximum Gasteiger partial charge on any atom is 0.417 e. The molecular formula is C20H18F5N5O3. The van der Waals surface area contributed by atoms with Gasteiger partial charge in [0.15, 0.2) is 28.5 Å². The van der Waals surface area contributed by atoms with Crippen molar-refractivity contribution in [2.45, 2.75) is 37.6 Å². The van der Waals surface area contributed by atoms with Crippen LogP contribution in [0.5, 0.6) is 5.75 Å². The first-order chi connectivity index (χ1) is 15.4. The second-order valence-corrected chi connectivity index (χ2v) is 7.85. The Morgan fingerprint density at radius 2 is 1.97 bits per heavy atom. The highest BCUT2D eigenvalue weighted by molar-refractivity contribution is 6.01. The van der Waals surface area contributed by atoms with Crippen LogP contribution in [0.25, 0.3) is 11.2 Å². The number of carbonyl (C=O) groups is 1. The summed E-state index contributed by atoms with van der Waals surface area (Å²) < 4.78 is 81.0. The number of hydrogen-bond donors (Lipinski definition) is 2. The molecule has 0 radical (unpaired) electrons. The van der Waals surface area contributed by atoms with Crippen molar-refractivity contribution in [2.75, 3.05) is 7.11 Å². The van der Waals surface area contributed by atoms with Gasteiger partial charge in [0.2, 0.25) is 5.82 Å². The number of amides is 1. The summed E-state index contributed by atoms with van der Waals surface area (Å²) in [6, 6.07) is 1.95. The minimum Gasteiger partial charge on any atom is -0.493 e. The lowest BCUT2D eigenvalue weighted by Crippen LogP contribution is -2.46. The largest absolute Gasteiger partial charge is 0.493 e. The summed E-state index contributed by atoms with van der Waals surface area (Å²) in [5.74, 6) is -6.58.